The summed E-state index contributed by atoms with van der Waals surface area (Å²) in [4.78, 5) is 12.0. The Kier molecular flexibility index (Phi) is 5.51. The zero-order valence-corrected chi connectivity index (χ0v) is 13.4. The highest BCUT2D eigenvalue weighted by atomic mass is 35.5. The number of nitrogens with one attached hydrogen (secondary N) is 2. The molecule has 0 aromatic heterocycles. The maximum absolute atomic E-state index is 12.0. The minimum atomic E-state index is -0.338. The van der Waals surface area contributed by atoms with Crippen molar-refractivity contribution in [3.05, 3.63) is 57.0 Å². The predicted octanol–water partition coefficient (Wildman–Crippen LogP) is 4.57. The van der Waals surface area contributed by atoms with Crippen molar-refractivity contribution in [1.82, 2.24) is 0 Å². The molecule has 2 N–H and O–H groups in total. The predicted molar refractivity (Wildman–Crippen MR) is 89.7 cm³/mol. The Morgan fingerprint density at radius 2 is 1.91 bits per heavy atom. The van der Waals surface area contributed by atoms with E-state index in [2.05, 4.69) is 10.6 Å². The summed E-state index contributed by atoms with van der Waals surface area (Å²) in [5.74, 6) is -0.338. The number of halogens is 3. The molecule has 22 heavy (non-hydrogen) atoms. The summed E-state index contributed by atoms with van der Waals surface area (Å²) < 4.78 is 0. The minimum Gasteiger partial charge on any atom is -0.375 e. The van der Waals surface area contributed by atoms with Crippen molar-refractivity contribution in [2.24, 2.45) is 0 Å². The van der Waals surface area contributed by atoms with E-state index in [4.69, 9.17) is 40.1 Å². The second-order valence-electron chi connectivity index (χ2n) is 4.30. The molecule has 0 spiro atoms. The quantitative estimate of drug-likeness (QED) is 0.845. The van der Waals surface area contributed by atoms with E-state index in [1.807, 2.05) is 6.07 Å². The number of nitrogens with zero attached hydrogens (tertiary/aromatic N) is 1. The molecule has 0 fully saturated rings. The minimum absolute atomic E-state index is 0.0303. The number of amides is 1. The molecular formula is C15H10Cl3N3O. The van der Waals surface area contributed by atoms with Gasteiger partial charge >= 0.3 is 0 Å². The first-order valence-electron chi connectivity index (χ1n) is 6.18. The molecule has 0 aliphatic carbocycles. The number of hydrogen-bond donors (Lipinski definition) is 2. The maximum Gasteiger partial charge on any atom is 0.243 e. The monoisotopic (exact) mass is 353 g/mol. The molecule has 0 heterocycles. The van der Waals surface area contributed by atoms with Crippen molar-refractivity contribution in [3.8, 4) is 6.07 Å². The molecule has 0 saturated heterocycles. The highest BCUT2D eigenvalue weighted by molar-refractivity contribution is 6.43. The van der Waals surface area contributed by atoms with Crippen LogP contribution in [0.25, 0.3) is 0 Å². The van der Waals surface area contributed by atoms with Crippen LogP contribution in [-0.2, 0) is 4.79 Å². The van der Waals surface area contributed by atoms with Gasteiger partial charge in [-0.2, -0.15) is 5.26 Å². The SMILES string of the molecule is N#Cc1ccc(Cl)cc1NC(=O)CNc1cccc(Cl)c1Cl. The van der Waals surface area contributed by atoms with Crippen molar-refractivity contribution in [2.75, 3.05) is 17.2 Å². The Bertz CT molecular complexity index is 756. The number of anilines is 2. The number of benzene rings is 2. The molecule has 0 saturated carbocycles. The molecule has 2 aromatic rings. The number of hydrogen-bond acceptors (Lipinski definition) is 3. The van der Waals surface area contributed by atoms with Crippen molar-refractivity contribution in [3.63, 3.8) is 0 Å². The third-order valence-electron chi connectivity index (χ3n) is 2.77. The highest BCUT2D eigenvalue weighted by Gasteiger charge is 2.09. The Morgan fingerprint density at radius 3 is 2.64 bits per heavy atom. The van der Waals surface area contributed by atoms with Crippen LogP contribution in [0.2, 0.25) is 15.1 Å². The third-order valence-corrected chi connectivity index (χ3v) is 3.82. The summed E-state index contributed by atoms with van der Waals surface area (Å²) in [6.45, 7) is -0.0303. The van der Waals surface area contributed by atoms with Crippen LogP contribution in [0.5, 0.6) is 0 Å². The highest BCUT2D eigenvalue weighted by Crippen LogP contribution is 2.29. The second kappa shape index (κ2) is 7.37. The van der Waals surface area contributed by atoms with Crippen LogP contribution in [0.1, 0.15) is 5.56 Å². The Labute approximate surface area is 142 Å². The molecule has 0 bridgehead atoms. The standard InChI is InChI=1S/C15H10Cl3N3O/c16-10-5-4-9(7-19)13(6-10)21-14(22)8-20-12-3-1-2-11(17)15(12)18/h1-6,20H,8H2,(H,21,22). The lowest BCUT2D eigenvalue weighted by Crippen LogP contribution is -2.22. The lowest BCUT2D eigenvalue weighted by Gasteiger charge is -2.11. The number of rotatable bonds is 4. The largest absolute Gasteiger partial charge is 0.375 e. The first kappa shape index (κ1) is 16.4. The van der Waals surface area contributed by atoms with E-state index < -0.39 is 0 Å². The van der Waals surface area contributed by atoms with Crippen LogP contribution in [0.15, 0.2) is 36.4 Å². The fourth-order valence-electron chi connectivity index (χ4n) is 1.73. The van der Waals surface area contributed by atoms with Crippen LogP contribution in [0.3, 0.4) is 0 Å². The lowest BCUT2D eigenvalue weighted by atomic mass is 10.2. The lowest BCUT2D eigenvalue weighted by molar-refractivity contribution is -0.114. The van der Waals surface area contributed by atoms with E-state index in [9.17, 15) is 4.79 Å². The van der Waals surface area contributed by atoms with Crippen LogP contribution >= 0.6 is 34.8 Å². The van der Waals surface area contributed by atoms with Crippen LogP contribution in [0, 0.1) is 11.3 Å². The average molecular weight is 355 g/mol. The zero-order chi connectivity index (χ0) is 16.1. The number of carbonyl (C=O) groups is 1. The zero-order valence-electron chi connectivity index (χ0n) is 11.2. The van der Waals surface area contributed by atoms with Crippen molar-refractivity contribution >= 4 is 52.1 Å². The normalized spacial score (nSPS) is 9.91. The fourth-order valence-corrected chi connectivity index (χ4v) is 2.27. The fraction of sp³-hybridized carbons (Fsp3) is 0.0667. The molecule has 112 valence electrons. The van der Waals surface area contributed by atoms with Crippen LogP contribution in [0.4, 0.5) is 11.4 Å². The van der Waals surface area contributed by atoms with Crippen molar-refractivity contribution in [1.29, 1.82) is 5.26 Å². The van der Waals surface area contributed by atoms with Crippen molar-refractivity contribution < 1.29 is 4.79 Å². The van der Waals surface area contributed by atoms with Crippen LogP contribution in [-0.4, -0.2) is 12.5 Å². The van der Waals surface area contributed by atoms with Gasteiger partial charge in [-0.3, -0.25) is 4.79 Å². The smallest absolute Gasteiger partial charge is 0.243 e. The van der Waals surface area contributed by atoms with Gasteiger partial charge in [0.25, 0.3) is 0 Å². The molecule has 4 nitrogen and oxygen atoms in total. The molecule has 0 radical (unpaired) electrons. The summed E-state index contributed by atoms with van der Waals surface area (Å²) in [7, 11) is 0. The van der Waals surface area contributed by atoms with Gasteiger partial charge in [-0.1, -0.05) is 40.9 Å². The van der Waals surface area contributed by atoms with E-state index in [0.29, 0.717) is 32.0 Å². The Morgan fingerprint density at radius 1 is 1.14 bits per heavy atom. The van der Waals surface area contributed by atoms with Gasteiger partial charge in [0.2, 0.25) is 5.91 Å². The van der Waals surface area contributed by atoms with Gasteiger partial charge < -0.3 is 10.6 Å². The Hall–Kier alpha value is -1.93. The van der Waals surface area contributed by atoms with Gasteiger partial charge in [0.15, 0.2) is 0 Å². The molecule has 1 amide bonds. The van der Waals surface area contributed by atoms with E-state index in [0.717, 1.165) is 0 Å². The van der Waals surface area contributed by atoms with E-state index in [1.165, 1.54) is 6.07 Å². The topological polar surface area (TPSA) is 64.9 Å². The van der Waals surface area contributed by atoms with Gasteiger partial charge in [-0.05, 0) is 30.3 Å². The van der Waals surface area contributed by atoms with Gasteiger partial charge in [0, 0.05) is 5.02 Å². The van der Waals surface area contributed by atoms with Crippen molar-refractivity contribution in [2.45, 2.75) is 0 Å². The summed E-state index contributed by atoms with van der Waals surface area (Å²) in [5, 5.41) is 15.7. The van der Waals surface area contributed by atoms with Gasteiger partial charge in [-0.15, -0.1) is 0 Å². The molecule has 0 aliphatic heterocycles. The van der Waals surface area contributed by atoms with E-state index in [-0.39, 0.29) is 12.5 Å². The van der Waals surface area contributed by atoms with Gasteiger partial charge in [0.05, 0.1) is 33.5 Å². The van der Waals surface area contributed by atoms with Crippen LogP contribution < -0.4 is 10.6 Å². The second-order valence-corrected chi connectivity index (χ2v) is 5.53. The number of nitriles is 1. The molecule has 0 atom stereocenters. The summed E-state index contributed by atoms with van der Waals surface area (Å²) in [5.41, 5.74) is 1.24. The van der Waals surface area contributed by atoms with E-state index in [1.54, 1.807) is 30.3 Å². The number of carbonyl (C=O) groups excluding carboxylic acids is 1. The molecule has 7 heteroatoms. The molecule has 2 rings (SSSR count). The summed E-state index contributed by atoms with van der Waals surface area (Å²) in [6, 6.07) is 11.7. The molecule has 0 aliphatic rings. The summed E-state index contributed by atoms with van der Waals surface area (Å²) in [6.07, 6.45) is 0. The average Bonchev–Trinajstić information content (AvgIpc) is 2.49. The third kappa shape index (κ3) is 4.05. The van der Waals surface area contributed by atoms with Gasteiger partial charge in [-0.25, -0.2) is 0 Å². The first-order valence-corrected chi connectivity index (χ1v) is 7.32. The molecule has 0 unspecified atom stereocenters. The van der Waals surface area contributed by atoms with E-state index >= 15 is 0 Å². The Balaban J connectivity index is 2.04. The molecular weight excluding hydrogens is 345 g/mol. The first-order chi connectivity index (χ1) is 10.5. The molecule has 2 aromatic carbocycles. The summed E-state index contributed by atoms with van der Waals surface area (Å²) >= 11 is 17.8. The maximum atomic E-state index is 12.0. The van der Waals surface area contributed by atoms with Gasteiger partial charge in [0.1, 0.15) is 6.07 Å².